The SMILES string of the molecule is CC(C)(C)c1c[c-]c2c(cc(C(C)(C)C)n3c4ccccc4nc23)n1.CC(C)(C)c1cc2ccc[c-]c2c2nc3ccccc3n12.CC(C)(C)c1nc2ccc[c-]c2c2nc3cc4c(cc3n12)C(C)(C)CC4(C)C.CC(C)(C)c1nc2ccc[c-]c2c2nc3ccccc3n12.Cc1cc2nc3c4[c-]cc(C(C)(C)C)nc4ccn3c2cc1C.[Ir].[Ir].[Ir].[Ir].[Ir]. The minimum absolute atomic E-state index is 0. The summed E-state index contributed by atoms with van der Waals surface area (Å²) in [6.45, 7) is 53.4. The number of fused-ring (bicyclic) bond motifs is 26. The molecule has 123 heavy (non-hydrogen) atoms. The summed E-state index contributed by atoms with van der Waals surface area (Å²) in [5.74, 6) is 2.07. The van der Waals surface area contributed by atoms with Crippen LogP contribution in [-0.2, 0) is 144 Å². The Morgan fingerprint density at radius 1 is 0.293 bits per heavy atom. The van der Waals surface area contributed by atoms with E-state index in [0.717, 1.165) is 162 Å². The van der Waals surface area contributed by atoms with E-state index in [2.05, 4.69) is 322 Å². The summed E-state index contributed by atoms with van der Waals surface area (Å²) in [4.78, 5) is 44.2. The van der Waals surface area contributed by atoms with Crippen molar-refractivity contribution in [1.82, 2.24) is 66.9 Å². The maximum atomic E-state index is 5.10. The van der Waals surface area contributed by atoms with Crippen LogP contribution in [0.15, 0.2) is 188 Å². The van der Waals surface area contributed by atoms with Gasteiger partial charge >= 0.3 is 0 Å². The number of hydrogen-bond acceptors (Lipinski definition) is 9. The topological polar surface area (TPSA) is 138 Å². The van der Waals surface area contributed by atoms with Crippen molar-refractivity contribution < 1.29 is 101 Å². The van der Waals surface area contributed by atoms with Gasteiger partial charge in [-0.1, -0.05) is 228 Å². The summed E-state index contributed by atoms with van der Waals surface area (Å²) in [6.07, 6.45) is 3.22. The van der Waals surface area contributed by atoms with Crippen LogP contribution in [0.1, 0.15) is 215 Å². The van der Waals surface area contributed by atoms with E-state index in [1.807, 2.05) is 84.9 Å². The summed E-state index contributed by atoms with van der Waals surface area (Å²) in [7, 11) is 0. The van der Waals surface area contributed by atoms with Gasteiger partial charge in [-0.3, -0.25) is 34.9 Å². The van der Waals surface area contributed by atoms with Gasteiger partial charge in [0.2, 0.25) is 0 Å². The number of pyridine rings is 5. The number of aromatic nitrogens is 14. The van der Waals surface area contributed by atoms with E-state index in [1.165, 1.54) is 39.0 Å². The molecule has 0 saturated carbocycles. The van der Waals surface area contributed by atoms with Crippen molar-refractivity contribution in [1.29, 1.82) is 0 Å². The fourth-order valence-corrected chi connectivity index (χ4v) is 17.3. The van der Waals surface area contributed by atoms with Crippen LogP contribution < -0.4 is 0 Å². The van der Waals surface area contributed by atoms with Gasteiger partial charge in [0.25, 0.3) is 0 Å². The standard InChI is InChI=1S/C25H28N3.C22H24N3.C20H20N3.C19H17N2.C18H16N3.5Ir/c1-23(2,3)22-27-18-11-9-8-10-15(18)21-26-19-12-16-17(13-20(19)28(21)22)25(6,7)14-24(16,4)5;1-21(2,3)18-12-11-14-16(23-18)13-19(22(4,5)6)25-17-10-8-7-9-15(17)24-20(14)25;1-12-10-16-17(11-13(12)2)23-9-8-15-14(19(23)22-16)6-7-18(21-15)20(3,4)5;1-19(2,3)17-12-13-8-4-5-9-14(13)18-20-15-10-6-7-11-16(15)21(17)18;1-18(2,3)17-20-13-9-5-4-8-12(13)16-19-14-10-6-7-11-15(14)21(16)17;;;;;/h8-9,11-13H,14H2,1-7H3;7-10,12-13H,1-6H3;7-11H,1-5H3;4-8,10-12H,1-3H3;4-7,9-11H,1-3H3;;;;;/q5*-1;;;;;. The molecule has 1 aliphatic carbocycles. The monoisotopic (exact) mass is 2510 g/mol. The predicted molar refractivity (Wildman–Crippen MR) is 489 cm³/mol. The summed E-state index contributed by atoms with van der Waals surface area (Å²) < 4.78 is 11.1. The van der Waals surface area contributed by atoms with Crippen LogP contribution in [0.2, 0.25) is 0 Å². The normalized spacial score (nSPS) is 13.5. The summed E-state index contributed by atoms with van der Waals surface area (Å²) in [5, 5.41) is 6.21. The van der Waals surface area contributed by atoms with E-state index in [-0.39, 0.29) is 144 Å². The molecule has 0 fully saturated rings. The molecule has 0 saturated heterocycles. The van der Waals surface area contributed by atoms with Gasteiger partial charge in [0.1, 0.15) is 11.6 Å². The average molecular weight is 2510 g/mol. The van der Waals surface area contributed by atoms with Gasteiger partial charge in [-0.15, -0.1) is 108 Å². The molecule has 1 aliphatic rings. The molecule has 8 aromatic carbocycles. The van der Waals surface area contributed by atoms with Crippen molar-refractivity contribution in [3.63, 3.8) is 0 Å². The molecule has 0 spiro atoms. The molecule has 12 aromatic heterocycles. The Morgan fingerprint density at radius 3 is 1.15 bits per heavy atom. The van der Waals surface area contributed by atoms with Gasteiger partial charge in [-0.05, 0) is 164 Å². The van der Waals surface area contributed by atoms with Gasteiger partial charge in [0.15, 0.2) is 0 Å². The zero-order valence-electron chi connectivity index (χ0n) is 74.5. The van der Waals surface area contributed by atoms with Gasteiger partial charge in [0, 0.05) is 134 Å². The molecule has 0 amide bonds. The van der Waals surface area contributed by atoms with E-state index in [1.54, 1.807) is 0 Å². The minimum atomic E-state index is -0.0935. The molecule has 19 heteroatoms. The molecule has 21 rings (SSSR count). The van der Waals surface area contributed by atoms with Crippen LogP contribution in [0.25, 0.3) is 138 Å². The van der Waals surface area contributed by atoms with E-state index >= 15 is 0 Å². The van der Waals surface area contributed by atoms with Crippen molar-refractivity contribution >= 4 is 138 Å². The van der Waals surface area contributed by atoms with E-state index in [9.17, 15) is 0 Å². The fourth-order valence-electron chi connectivity index (χ4n) is 17.3. The van der Waals surface area contributed by atoms with Crippen LogP contribution in [0.3, 0.4) is 0 Å². The first-order valence-corrected chi connectivity index (χ1v) is 41.3. The van der Waals surface area contributed by atoms with Crippen LogP contribution >= 0.6 is 0 Å². The Labute approximate surface area is 788 Å². The van der Waals surface area contributed by atoms with Crippen LogP contribution in [0.5, 0.6) is 0 Å². The van der Waals surface area contributed by atoms with Crippen molar-refractivity contribution in [2.75, 3.05) is 0 Å². The fraction of sp³-hybridized carbons (Fsp3) is 0.317. The molecule has 0 aliphatic heterocycles. The van der Waals surface area contributed by atoms with Crippen molar-refractivity contribution in [2.45, 2.75) is 216 Å². The third-order valence-corrected chi connectivity index (χ3v) is 23.2. The van der Waals surface area contributed by atoms with Gasteiger partial charge in [-0.25, -0.2) is 0 Å². The number of imidazole rings is 5. The first kappa shape index (κ1) is 93.4. The Morgan fingerprint density at radius 2 is 0.659 bits per heavy atom. The molecule has 20 aromatic rings. The summed E-state index contributed by atoms with van der Waals surface area (Å²) >= 11 is 0. The summed E-state index contributed by atoms with van der Waals surface area (Å²) in [6, 6.07) is 79.4. The number of aryl methyl sites for hydroxylation is 2. The second-order valence-electron chi connectivity index (χ2n) is 39.8. The molecule has 0 N–H and O–H groups in total. The first-order valence-electron chi connectivity index (χ1n) is 41.3. The van der Waals surface area contributed by atoms with Crippen LogP contribution in [0.4, 0.5) is 0 Å². The number of para-hydroxylation sites is 6. The molecule has 12 heterocycles. The van der Waals surface area contributed by atoms with Gasteiger partial charge < -0.3 is 32.0 Å². The molecule has 0 bridgehead atoms. The van der Waals surface area contributed by atoms with Crippen LogP contribution in [-0.4, -0.2) is 66.9 Å². The third-order valence-electron chi connectivity index (χ3n) is 23.2. The first-order chi connectivity index (χ1) is 55.6. The number of hydrogen-bond donors (Lipinski definition) is 0. The zero-order chi connectivity index (χ0) is 83.6. The molecule has 14 nitrogen and oxygen atoms in total. The summed E-state index contributed by atoms with van der Waals surface area (Å²) in [5.41, 5.74) is 29.7. The Bertz CT molecular complexity index is 7300. The molecular formula is C104H105Ir5N14-5. The van der Waals surface area contributed by atoms with Crippen molar-refractivity contribution in [3.8, 4) is 0 Å². The Kier molecular flexibility index (Phi) is 25.7. The van der Waals surface area contributed by atoms with E-state index < -0.39 is 0 Å². The molecule has 0 unspecified atom stereocenters. The third kappa shape index (κ3) is 17.1. The van der Waals surface area contributed by atoms with Gasteiger partial charge in [0.05, 0.1) is 83.4 Å². The second-order valence-corrected chi connectivity index (χ2v) is 39.8. The quantitative estimate of drug-likeness (QED) is 0.136. The van der Waals surface area contributed by atoms with Gasteiger partial charge in [-0.2, -0.15) is 0 Å². The Balaban J connectivity index is 0.000000139. The molecule has 641 valence electrons. The number of nitrogens with zero attached hydrogens (tertiary/aromatic N) is 14. The molecular weight excluding hydrogens is 2410 g/mol. The smallest absolute Gasteiger partial charge is 0.102 e. The van der Waals surface area contributed by atoms with E-state index in [4.69, 9.17) is 44.9 Å². The predicted octanol–water partition coefficient (Wildman–Crippen LogP) is 25.1. The maximum Gasteiger partial charge on any atom is 0.102 e. The average Bonchev–Trinajstić information content (AvgIpc) is 1.49. The second kappa shape index (κ2) is 33.9. The number of benzene rings is 8. The Hall–Kier alpha value is -8.78. The van der Waals surface area contributed by atoms with E-state index in [0.29, 0.717) is 0 Å². The maximum absolute atomic E-state index is 5.10. The number of rotatable bonds is 0. The minimum Gasteiger partial charge on any atom is -0.348 e. The van der Waals surface area contributed by atoms with Crippen molar-refractivity contribution in [3.05, 3.63) is 275 Å². The largest absolute Gasteiger partial charge is 0.348 e. The van der Waals surface area contributed by atoms with Crippen LogP contribution in [0, 0.1) is 44.2 Å². The molecule has 5 radical (unpaired) electrons. The van der Waals surface area contributed by atoms with Crippen molar-refractivity contribution in [2.24, 2.45) is 0 Å². The molecule has 0 atom stereocenters. The zero-order valence-corrected chi connectivity index (χ0v) is 86.5.